The van der Waals surface area contributed by atoms with E-state index < -0.39 is 17.5 Å². The fourth-order valence-corrected chi connectivity index (χ4v) is 4.10. The summed E-state index contributed by atoms with van der Waals surface area (Å²) in [4.78, 5) is 48.1. The molecule has 7 heteroatoms. The molecule has 0 aliphatic heterocycles. The third-order valence-electron chi connectivity index (χ3n) is 6.17. The molecule has 7 nitrogen and oxygen atoms in total. The van der Waals surface area contributed by atoms with Crippen LogP contribution in [0.2, 0.25) is 0 Å². The summed E-state index contributed by atoms with van der Waals surface area (Å²) in [5.41, 5.74) is 2.69. The summed E-state index contributed by atoms with van der Waals surface area (Å²) in [5, 5.41) is 2.99. The van der Waals surface area contributed by atoms with Crippen LogP contribution in [0.15, 0.2) is 52.1 Å². The molecule has 0 radical (unpaired) electrons. The van der Waals surface area contributed by atoms with Gasteiger partial charge in [0.15, 0.2) is 0 Å². The number of nitrogens with one attached hydrogen (secondary N) is 3. The molecule has 1 fully saturated rings. The topological polar surface area (TPSA) is 108 Å². The molecule has 0 bridgehead atoms. The summed E-state index contributed by atoms with van der Waals surface area (Å²) in [6.45, 7) is 3.83. The Balaban J connectivity index is 1.63. The van der Waals surface area contributed by atoms with Gasteiger partial charge in [-0.25, -0.2) is 4.98 Å². The number of aromatic amines is 2. The van der Waals surface area contributed by atoms with Gasteiger partial charge in [0.25, 0.3) is 17.0 Å². The minimum Gasteiger partial charge on any atom is -0.345 e. The summed E-state index contributed by atoms with van der Waals surface area (Å²) in [7, 11) is 0. The van der Waals surface area contributed by atoms with Gasteiger partial charge < -0.3 is 15.3 Å². The van der Waals surface area contributed by atoms with Gasteiger partial charge in [-0.2, -0.15) is 0 Å². The van der Waals surface area contributed by atoms with Crippen molar-refractivity contribution in [2.75, 3.05) is 0 Å². The lowest BCUT2D eigenvalue weighted by molar-refractivity contribution is 0.0934. The Hall–Kier alpha value is -3.48. The van der Waals surface area contributed by atoms with E-state index in [-0.39, 0.29) is 11.1 Å². The van der Waals surface area contributed by atoms with Gasteiger partial charge in [-0.1, -0.05) is 43.7 Å². The van der Waals surface area contributed by atoms with Gasteiger partial charge in [-0.15, -0.1) is 0 Å². The zero-order chi connectivity index (χ0) is 22.7. The number of carbonyl (C=O) groups excluding carboxylic acids is 1. The average molecular weight is 433 g/mol. The summed E-state index contributed by atoms with van der Waals surface area (Å²) >= 11 is 0. The highest BCUT2D eigenvalue weighted by Gasteiger charge is 2.24. The van der Waals surface area contributed by atoms with Crippen LogP contribution in [0.4, 0.5) is 0 Å². The molecule has 1 aliphatic carbocycles. The predicted octanol–water partition coefficient (Wildman–Crippen LogP) is 3.31. The Kier molecular flexibility index (Phi) is 6.35. The number of hydrogen-bond acceptors (Lipinski definition) is 4. The van der Waals surface area contributed by atoms with Gasteiger partial charge in [0.05, 0.1) is 11.7 Å². The molecular formula is C25H28N4O3. The standard InChI is InChI=1S/C25H28N4O3/c1-3-20-15(2)12-19(24(31)27-20)25(32)28-21(16-8-5-4-6-9-16)13-18-14-22(30)29-23(26-18)17-10-7-11-17/h4-6,8-9,12,14,17,21H,3,7,10-11,13H2,1-2H3,(H,27,31)(H,28,32)(H,26,29,30). The Morgan fingerprint density at radius 3 is 2.56 bits per heavy atom. The van der Waals surface area contributed by atoms with Crippen molar-refractivity contribution in [1.82, 2.24) is 20.3 Å². The molecule has 32 heavy (non-hydrogen) atoms. The normalized spacial score (nSPS) is 14.6. The van der Waals surface area contributed by atoms with Gasteiger partial charge in [0, 0.05) is 24.1 Å². The number of benzene rings is 1. The lowest BCUT2D eigenvalue weighted by atomic mass is 9.85. The summed E-state index contributed by atoms with van der Waals surface area (Å²) in [5.74, 6) is 0.569. The maximum atomic E-state index is 13.1. The van der Waals surface area contributed by atoms with E-state index in [2.05, 4.69) is 20.3 Å². The van der Waals surface area contributed by atoms with Crippen molar-refractivity contribution in [2.45, 2.75) is 57.9 Å². The second-order valence-corrected chi connectivity index (χ2v) is 8.42. The van der Waals surface area contributed by atoms with Crippen molar-refractivity contribution in [3.63, 3.8) is 0 Å². The molecule has 0 spiro atoms. The number of amides is 1. The SMILES string of the molecule is CCc1[nH]c(=O)c(C(=O)NC(Cc2cc(=O)[nH]c(C3CCC3)n2)c2ccccc2)cc1C. The highest BCUT2D eigenvalue weighted by Crippen LogP contribution is 2.34. The largest absolute Gasteiger partial charge is 0.345 e. The van der Waals surface area contributed by atoms with Crippen LogP contribution >= 0.6 is 0 Å². The first-order chi connectivity index (χ1) is 15.4. The van der Waals surface area contributed by atoms with Gasteiger partial charge >= 0.3 is 0 Å². The summed E-state index contributed by atoms with van der Waals surface area (Å²) in [6.07, 6.45) is 4.24. The number of aromatic nitrogens is 3. The smallest absolute Gasteiger partial charge is 0.261 e. The van der Waals surface area contributed by atoms with E-state index in [1.54, 1.807) is 6.07 Å². The Labute approximate surface area is 186 Å². The van der Waals surface area contributed by atoms with E-state index in [0.29, 0.717) is 24.5 Å². The fraction of sp³-hybridized carbons (Fsp3) is 0.360. The van der Waals surface area contributed by atoms with Gasteiger partial charge in [-0.05, 0) is 43.4 Å². The number of nitrogens with zero attached hydrogens (tertiary/aromatic N) is 1. The van der Waals surface area contributed by atoms with E-state index in [1.165, 1.54) is 6.07 Å². The molecule has 1 unspecified atom stereocenters. The van der Waals surface area contributed by atoms with Crippen LogP contribution in [-0.4, -0.2) is 20.9 Å². The second-order valence-electron chi connectivity index (χ2n) is 8.42. The molecule has 3 N–H and O–H groups in total. The molecule has 0 saturated heterocycles. The number of H-pyrrole nitrogens is 2. The number of rotatable bonds is 7. The van der Waals surface area contributed by atoms with E-state index in [9.17, 15) is 14.4 Å². The summed E-state index contributed by atoms with van der Waals surface area (Å²) in [6, 6.07) is 12.2. The van der Waals surface area contributed by atoms with Crippen molar-refractivity contribution < 1.29 is 4.79 Å². The Bertz CT molecular complexity index is 1230. The van der Waals surface area contributed by atoms with Crippen LogP contribution < -0.4 is 16.4 Å². The quantitative estimate of drug-likeness (QED) is 0.532. The molecule has 2 aromatic heterocycles. The minimum atomic E-state index is -0.449. The fourth-order valence-electron chi connectivity index (χ4n) is 4.10. The van der Waals surface area contributed by atoms with Crippen molar-refractivity contribution in [3.05, 3.63) is 97.1 Å². The highest BCUT2D eigenvalue weighted by atomic mass is 16.2. The van der Waals surface area contributed by atoms with Crippen molar-refractivity contribution in [1.29, 1.82) is 0 Å². The van der Waals surface area contributed by atoms with E-state index in [0.717, 1.165) is 41.9 Å². The maximum Gasteiger partial charge on any atom is 0.261 e. The number of aryl methyl sites for hydroxylation is 2. The first kappa shape index (κ1) is 21.7. The van der Waals surface area contributed by atoms with Gasteiger partial charge in [-0.3, -0.25) is 14.4 Å². The van der Waals surface area contributed by atoms with Crippen LogP contribution in [0.25, 0.3) is 0 Å². The molecule has 1 saturated carbocycles. The molecule has 1 amide bonds. The van der Waals surface area contributed by atoms with Crippen molar-refractivity contribution in [2.24, 2.45) is 0 Å². The zero-order valence-corrected chi connectivity index (χ0v) is 18.4. The lowest BCUT2D eigenvalue weighted by Gasteiger charge is -2.25. The van der Waals surface area contributed by atoms with Crippen molar-refractivity contribution >= 4 is 5.91 Å². The Morgan fingerprint density at radius 1 is 1.16 bits per heavy atom. The average Bonchev–Trinajstić information content (AvgIpc) is 2.73. The minimum absolute atomic E-state index is 0.0784. The lowest BCUT2D eigenvalue weighted by Crippen LogP contribution is -2.34. The summed E-state index contributed by atoms with van der Waals surface area (Å²) < 4.78 is 0. The van der Waals surface area contributed by atoms with Crippen LogP contribution in [-0.2, 0) is 12.8 Å². The van der Waals surface area contributed by atoms with E-state index in [4.69, 9.17) is 0 Å². The highest BCUT2D eigenvalue weighted by molar-refractivity contribution is 5.94. The molecule has 166 valence electrons. The van der Waals surface area contributed by atoms with Crippen LogP contribution in [0.3, 0.4) is 0 Å². The first-order valence-corrected chi connectivity index (χ1v) is 11.1. The molecule has 1 aliphatic rings. The van der Waals surface area contributed by atoms with E-state index in [1.807, 2.05) is 44.2 Å². The third-order valence-corrected chi connectivity index (χ3v) is 6.17. The maximum absolute atomic E-state index is 13.1. The van der Waals surface area contributed by atoms with Gasteiger partial charge in [0.2, 0.25) is 0 Å². The van der Waals surface area contributed by atoms with Crippen LogP contribution in [0, 0.1) is 6.92 Å². The third kappa shape index (κ3) is 4.72. The molecular weight excluding hydrogens is 404 g/mol. The molecule has 1 atom stereocenters. The molecule has 1 aromatic carbocycles. The number of carbonyl (C=O) groups is 1. The monoisotopic (exact) mass is 432 g/mol. The van der Waals surface area contributed by atoms with Gasteiger partial charge in [0.1, 0.15) is 11.4 Å². The van der Waals surface area contributed by atoms with Crippen molar-refractivity contribution in [3.8, 4) is 0 Å². The first-order valence-electron chi connectivity index (χ1n) is 11.1. The second kappa shape index (κ2) is 9.34. The van der Waals surface area contributed by atoms with Crippen LogP contribution in [0.1, 0.15) is 76.8 Å². The van der Waals surface area contributed by atoms with Crippen LogP contribution in [0.5, 0.6) is 0 Å². The Morgan fingerprint density at radius 2 is 1.91 bits per heavy atom. The molecule has 2 heterocycles. The number of pyridine rings is 1. The predicted molar refractivity (Wildman–Crippen MR) is 123 cm³/mol. The van der Waals surface area contributed by atoms with E-state index >= 15 is 0 Å². The number of hydrogen-bond donors (Lipinski definition) is 3. The zero-order valence-electron chi connectivity index (χ0n) is 18.4. The molecule has 4 rings (SSSR count). The molecule has 3 aromatic rings.